The molecule has 0 saturated carbocycles. The predicted octanol–water partition coefficient (Wildman–Crippen LogP) is 5.37. The van der Waals surface area contributed by atoms with E-state index >= 15 is 0 Å². The minimum absolute atomic E-state index is 0.204. The van der Waals surface area contributed by atoms with Crippen LogP contribution in [0.5, 0.6) is 5.75 Å². The fourth-order valence-corrected chi connectivity index (χ4v) is 6.92. The second-order valence-electron chi connectivity index (χ2n) is 8.01. The number of para-hydroxylation sites is 2. The summed E-state index contributed by atoms with van der Waals surface area (Å²) in [5, 5.41) is 2.31. The van der Waals surface area contributed by atoms with E-state index in [1.807, 2.05) is 48.5 Å². The van der Waals surface area contributed by atoms with Crippen LogP contribution in [-0.2, 0) is 10.0 Å². The molecule has 3 aromatic carbocycles. The number of carbonyl (C=O) groups is 1. The largest absolute Gasteiger partial charge is 0.494 e. The molecule has 0 bridgehead atoms. The summed E-state index contributed by atoms with van der Waals surface area (Å²) in [5.74, 6) is -0.356. The van der Waals surface area contributed by atoms with E-state index in [9.17, 15) is 13.2 Å². The van der Waals surface area contributed by atoms with Gasteiger partial charge in [-0.3, -0.25) is 4.79 Å². The van der Waals surface area contributed by atoms with Gasteiger partial charge in [0.25, 0.3) is 15.9 Å². The number of hydrogen-bond acceptors (Lipinski definition) is 6. The van der Waals surface area contributed by atoms with Gasteiger partial charge in [0.2, 0.25) is 0 Å². The van der Waals surface area contributed by atoms with Crippen LogP contribution in [0, 0.1) is 0 Å². The van der Waals surface area contributed by atoms with Crippen molar-refractivity contribution >= 4 is 44.3 Å². The number of aromatic nitrogens is 1. The second-order valence-corrected chi connectivity index (χ2v) is 11.4. The molecule has 2 heterocycles. The molecule has 1 aliphatic heterocycles. The van der Waals surface area contributed by atoms with Gasteiger partial charge in [0, 0.05) is 10.9 Å². The van der Waals surface area contributed by atoms with Crippen LogP contribution in [0.1, 0.15) is 16.8 Å². The highest BCUT2D eigenvalue weighted by Crippen LogP contribution is 2.37. The lowest BCUT2D eigenvalue weighted by atomic mass is 10.0. The van der Waals surface area contributed by atoms with E-state index in [1.165, 1.54) is 18.9 Å². The van der Waals surface area contributed by atoms with Crippen LogP contribution in [0.25, 0.3) is 22.2 Å². The van der Waals surface area contributed by atoms with Gasteiger partial charge < -0.3 is 4.74 Å². The average Bonchev–Trinajstić information content (AvgIpc) is 3.47. The first kappa shape index (κ1) is 23.9. The van der Waals surface area contributed by atoms with Crippen LogP contribution < -0.4 is 14.6 Å². The van der Waals surface area contributed by atoms with Gasteiger partial charge in [-0.05, 0) is 30.0 Å². The number of methoxy groups -OCH3 is 1. The average molecular weight is 518 g/mol. The second kappa shape index (κ2) is 10.0. The highest BCUT2D eigenvalue weighted by atomic mass is 32.3. The highest BCUT2D eigenvalue weighted by Gasteiger charge is 2.36. The molecule has 4 aromatic rings. The van der Waals surface area contributed by atoms with Crippen molar-refractivity contribution in [2.75, 3.05) is 11.5 Å². The van der Waals surface area contributed by atoms with Crippen molar-refractivity contribution in [3.05, 3.63) is 102 Å². The third-order valence-electron chi connectivity index (χ3n) is 5.76. The molecule has 1 N–H and O–H groups in total. The molecule has 182 valence electrons. The zero-order valence-electron chi connectivity index (χ0n) is 19.4. The first-order valence-electron chi connectivity index (χ1n) is 11.2. The third-order valence-corrected chi connectivity index (χ3v) is 9.34. The Morgan fingerprint density at radius 3 is 2.33 bits per heavy atom. The van der Waals surface area contributed by atoms with E-state index in [0.717, 1.165) is 9.98 Å². The van der Waals surface area contributed by atoms with Crippen LogP contribution in [0.2, 0.25) is 0 Å². The molecule has 0 radical (unpaired) electrons. The lowest BCUT2D eigenvalue weighted by Gasteiger charge is -2.28. The van der Waals surface area contributed by atoms with E-state index in [0.29, 0.717) is 28.7 Å². The molecular formula is C27H23N3O4S2. The summed E-state index contributed by atoms with van der Waals surface area (Å²) >= 11 is 1.21. The Hall–Kier alpha value is -3.82. The maximum atomic E-state index is 13.9. The monoisotopic (exact) mass is 517 g/mol. The van der Waals surface area contributed by atoms with Crippen molar-refractivity contribution < 1.29 is 17.9 Å². The molecule has 0 spiro atoms. The van der Waals surface area contributed by atoms with Gasteiger partial charge in [-0.2, -0.15) is 4.41 Å². The van der Waals surface area contributed by atoms with Gasteiger partial charge in [-0.25, -0.2) is 18.8 Å². The quantitative estimate of drug-likeness (QED) is 0.332. The van der Waals surface area contributed by atoms with E-state index in [2.05, 4.69) is 5.43 Å². The summed E-state index contributed by atoms with van der Waals surface area (Å²) in [6, 6.07) is 25.1. The Morgan fingerprint density at radius 1 is 1.00 bits per heavy atom. The predicted molar refractivity (Wildman–Crippen MR) is 144 cm³/mol. The van der Waals surface area contributed by atoms with Crippen LogP contribution in [0.3, 0.4) is 0 Å². The van der Waals surface area contributed by atoms with Gasteiger partial charge in [0.05, 0.1) is 23.9 Å². The van der Waals surface area contributed by atoms with E-state index in [-0.39, 0.29) is 11.3 Å². The van der Waals surface area contributed by atoms with Crippen LogP contribution in [0.4, 0.5) is 5.69 Å². The van der Waals surface area contributed by atoms with Gasteiger partial charge in [-0.15, -0.1) is 11.8 Å². The SMILES string of the molecule is COc1c(-c2ccccc2)nc2ccccc2c1C(=O)NN(c1ccccc1)S(=O)(=O)C1CC=CS1. The first-order chi connectivity index (χ1) is 17.5. The Bertz CT molecular complexity index is 1530. The molecule has 7 nitrogen and oxygen atoms in total. The highest BCUT2D eigenvalue weighted by molar-refractivity contribution is 8.15. The zero-order chi connectivity index (χ0) is 25.1. The number of fused-ring (bicyclic) bond motifs is 1. The number of thioether (sulfide) groups is 1. The molecule has 1 aromatic heterocycles. The number of pyridine rings is 1. The molecule has 1 aliphatic rings. The Kier molecular flexibility index (Phi) is 6.67. The van der Waals surface area contributed by atoms with Gasteiger partial charge in [0.1, 0.15) is 10.3 Å². The standard InChI is InChI=1S/C27H23N3O4S2/c1-34-26-24(21-15-8-9-16-22(21)28-25(26)19-11-4-2-5-12-19)27(31)29-30(20-13-6-3-7-14-20)36(32,33)23-17-10-18-35-23/h2-16,18,23H,17H2,1H3,(H,29,31). The summed E-state index contributed by atoms with van der Waals surface area (Å²) in [6.07, 6.45) is 2.16. The minimum atomic E-state index is -3.95. The van der Waals surface area contributed by atoms with Crippen molar-refractivity contribution in [1.29, 1.82) is 0 Å². The number of hydrazine groups is 1. The number of ether oxygens (including phenoxy) is 1. The number of nitrogens with zero attached hydrogens (tertiary/aromatic N) is 2. The Balaban J connectivity index is 1.65. The van der Waals surface area contributed by atoms with Crippen molar-refractivity contribution in [1.82, 2.24) is 10.4 Å². The number of nitrogens with one attached hydrogen (secondary N) is 1. The van der Waals surface area contributed by atoms with Gasteiger partial charge in [-0.1, -0.05) is 72.8 Å². The molecule has 0 aliphatic carbocycles. The maximum absolute atomic E-state index is 13.9. The lowest BCUT2D eigenvalue weighted by Crippen LogP contribution is -2.49. The van der Waals surface area contributed by atoms with E-state index < -0.39 is 20.5 Å². The molecule has 0 fully saturated rings. The lowest BCUT2D eigenvalue weighted by molar-refractivity contribution is 0.0954. The molecular weight excluding hydrogens is 494 g/mol. The fraction of sp³-hybridized carbons (Fsp3) is 0.111. The number of hydrogen-bond donors (Lipinski definition) is 1. The summed E-state index contributed by atoms with van der Waals surface area (Å²) in [4.78, 5) is 18.7. The van der Waals surface area contributed by atoms with Crippen molar-refractivity contribution in [3.63, 3.8) is 0 Å². The van der Waals surface area contributed by atoms with Crippen molar-refractivity contribution in [2.45, 2.75) is 11.0 Å². The third kappa shape index (κ3) is 4.43. The smallest absolute Gasteiger partial charge is 0.275 e. The van der Waals surface area contributed by atoms with Crippen LogP contribution in [-0.4, -0.2) is 31.0 Å². The molecule has 1 atom stereocenters. The number of benzene rings is 3. The number of amides is 1. The Morgan fingerprint density at radius 2 is 1.67 bits per heavy atom. The van der Waals surface area contributed by atoms with Gasteiger partial charge >= 0.3 is 0 Å². The number of rotatable bonds is 7. The van der Waals surface area contributed by atoms with Crippen molar-refractivity contribution in [2.24, 2.45) is 0 Å². The topological polar surface area (TPSA) is 88.6 Å². The number of sulfonamides is 1. The van der Waals surface area contributed by atoms with E-state index in [1.54, 1.807) is 47.9 Å². The molecule has 1 amide bonds. The summed E-state index contributed by atoms with van der Waals surface area (Å²) in [5.41, 5.74) is 5.06. The van der Waals surface area contributed by atoms with Gasteiger partial charge in [0.15, 0.2) is 5.75 Å². The molecule has 1 unspecified atom stereocenters. The van der Waals surface area contributed by atoms with Crippen LogP contribution >= 0.6 is 11.8 Å². The number of carbonyl (C=O) groups excluding carboxylic acids is 1. The summed E-state index contributed by atoms with van der Waals surface area (Å²) in [6.45, 7) is 0. The summed E-state index contributed by atoms with van der Waals surface area (Å²) in [7, 11) is -2.47. The number of anilines is 1. The first-order valence-corrected chi connectivity index (χ1v) is 13.7. The Labute approximate surface area is 213 Å². The fourth-order valence-electron chi connectivity index (χ4n) is 4.07. The summed E-state index contributed by atoms with van der Waals surface area (Å²) < 4.78 is 33.2. The van der Waals surface area contributed by atoms with Crippen molar-refractivity contribution in [3.8, 4) is 17.0 Å². The van der Waals surface area contributed by atoms with E-state index in [4.69, 9.17) is 9.72 Å². The minimum Gasteiger partial charge on any atom is -0.494 e. The maximum Gasteiger partial charge on any atom is 0.275 e. The number of allylic oxidation sites excluding steroid dienone is 1. The molecule has 36 heavy (non-hydrogen) atoms. The normalized spacial score (nSPS) is 15.1. The molecule has 9 heteroatoms. The molecule has 0 saturated heterocycles. The molecule has 5 rings (SSSR count). The zero-order valence-corrected chi connectivity index (χ0v) is 21.0. The van der Waals surface area contributed by atoms with Crippen LogP contribution in [0.15, 0.2) is 96.4 Å².